The van der Waals surface area contributed by atoms with Crippen LogP contribution in [0.3, 0.4) is 0 Å². The van der Waals surface area contributed by atoms with Gasteiger partial charge < -0.3 is 20.2 Å². The van der Waals surface area contributed by atoms with Crippen molar-refractivity contribution in [3.63, 3.8) is 0 Å². The van der Waals surface area contributed by atoms with Crippen molar-refractivity contribution in [1.29, 1.82) is 0 Å². The van der Waals surface area contributed by atoms with E-state index in [1.807, 2.05) is 0 Å². The summed E-state index contributed by atoms with van der Waals surface area (Å²) in [6.45, 7) is 0. The number of aromatic nitrogens is 4. The molecule has 0 radical (unpaired) electrons. The maximum absolute atomic E-state index is 12.7. The number of furan rings is 1. The molecule has 0 aliphatic rings. The molecule has 0 saturated heterocycles. The molecule has 11 heteroatoms. The zero-order valence-electron chi connectivity index (χ0n) is 15.0. The molecule has 0 unspecified atom stereocenters. The first-order valence-electron chi connectivity index (χ1n) is 8.35. The molecule has 3 heterocycles. The molecule has 4 rings (SSSR count). The molecule has 2 amide bonds. The number of hydrogen-bond donors (Lipinski definition) is 4. The largest absolute Gasteiger partial charge is 0.475 e. The molecule has 1 aromatic carbocycles. The van der Waals surface area contributed by atoms with Gasteiger partial charge in [0.2, 0.25) is 5.76 Å². The summed E-state index contributed by atoms with van der Waals surface area (Å²) in [5.74, 6) is -2.53. The lowest BCUT2D eigenvalue weighted by atomic mass is 10.1. The van der Waals surface area contributed by atoms with Crippen molar-refractivity contribution < 1.29 is 23.9 Å². The highest BCUT2D eigenvalue weighted by molar-refractivity contribution is 6.13. The number of benzene rings is 1. The van der Waals surface area contributed by atoms with Crippen LogP contribution in [0.1, 0.15) is 31.4 Å². The molecule has 3 aromatic heterocycles. The normalized spacial score (nSPS) is 10.8. The third-order valence-corrected chi connectivity index (χ3v) is 4.04. The number of carboxylic acid groups (broad SMARTS) is 1. The van der Waals surface area contributed by atoms with Crippen LogP contribution in [0.25, 0.3) is 11.1 Å². The lowest BCUT2D eigenvalue weighted by Crippen LogP contribution is -2.19. The van der Waals surface area contributed by atoms with Crippen LogP contribution in [0.15, 0.2) is 47.0 Å². The van der Waals surface area contributed by atoms with E-state index < -0.39 is 17.8 Å². The van der Waals surface area contributed by atoms with Gasteiger partial charge >= 0.3 is 5.97 Å². The standard InChI is InChI=1S/C18H14N6O5/c1-24-7-6-11(23-24)17(26)19-10-5-3-2-4-9(10)16(25)20-15-14-12(21-22-15)8-13(29-14)18(27)28/h2-8H,1H3,(H,19,26)(H,27,28)(H2,20,21,22,25). The summed E-state index contributed by atoms with van der Waals surface area (Å²) >= 11 is 0. The Balaban J connectivity index is 1.58. The SMILES string of the molecule is Cn1ccc(C(=O)Nc2ccccc2C(=O)Nc2n[nH]c3cc(C(=O)O)oc23)n1. The molecule has 0 atom stereocenters. The van der Waals surface area contributed by atoms with Gasteiger partial charge in [0.05, 0.1) is 11.3 Å². The predicted molar refractivity (Wildman–Crippen MR) is 101 cm³/mol. The number of aromatic carboxylic acids is 1. The molecule has 0 fully saturated rings. The summed E-state index contributed by atoms with van der Waals surface area (Å²) in [6.07, 6.45) is 1.63. The average Bonchev–Trinajstić information content (AvgIpc) is 3.39. The van der Waals surface area contributed by atoms with E-state index in [9.17, 15) is 14.4 Å². The van der Waals surface area contributed by atoms with Crippen molar-refractivity contribution in [2.24, 2.45) is 7.05 Å². The first kappa shape index (κ1) is 18.0. The van der Waals surface area contributed by atoms with E-state index in [0.717, 1.165) is 0 Å². The molecule has 0 spiro atoms. The first-order valence-corrected chi connectivity index (χ1v) is 8.35. The number of rotatable bonds is 5. The van der Waals surface area contributed by atoms with E-state index in [0.29, 0.717) is 5.52 Å². The number of carbonyl (C=O) groups excluding carboxylic acids is 2. The number of anilines is 2. The van der Waals surface area contributed by atoms with Gasteiger partial charge in [0, 0.05) is 19.3 Å². The van der Waals surface area contributed by atoms with Gasteiger partial charge in [-0.1, -0.05) is 12.1 Å². The summed E-state index contributed by atoms with van der Waals surface area (Å²) in [4.78, 5) is 36.1. The number of nitrogens with one attached hydrogen (secondary N) is 3. The Morgan fingerprint density at radius 2 is 1.93 bits per heavy atom. The van der Waals surface area contributed by atoms with Gasteiger partial charge in [0.1, 0.15) is 5.52 Å². The minimum Gasteiger partial charge on any atom is -0.475 e. The Kier molecular flexibility index (Phi) is 4.31. The summed E-state index contributed by atoms with van der Waals surface area (Å²) in [6, 6.07) is 9.23. The Bertz CT molecular complexity index is 1250. The van der Waals surface area contributed by atoms with Crippen LogP contribution in [0.5, 0.6) is 0 Å². The van der Waals surface area contributed by atoms with Crippen LogP contribution >= 0.6 is 0 Å². The van der Waals surface area contributed by atoms with Gasteiger partial charge in [-0.2, -0.15) is 10.2 Å². The summed E-state index contributed by atoms with van der Waals surface area (Å²) in [7, 11) is 1.69. The fourth-order valence-electron chi connectivity index (χ4n) is 2.69. The van der Waals surface area contributed by atoms with Gasteiger partial charge in [-0.05, 0) is 18.2 Å². The van der Waals surface area contributed by atoms with Gasteiger partial charge in [-0.25, -0.2) is 4.79 Å². The zero-order valence-corrected chi connectivity index (χ0v) is 15.0. The van der Waals surface area contributed by atoms with Gasteiger partial charge in [0.25, 0.3) is 11.8 Å². The van der Waals surface area contributed by atoms with E-state index in [4.69, 9.17) is 9.52 Å². The Morgan fingerprint density at radius 1 is 1.14 bits per heavy atom. The summed E-state index contributed by atoms with van der Waals surface area (Å²) < 4.78 is 6.70. The molecule has 146 valence electrons. The average molecular weight is 394 g/mol. The van der Waals surface area contributed by atoms with Crippen LogP contribution in [0.2, 0.25) is 0 Å². The number of H-pyrrole nitrogens is 1. The van der Waals surface area contributed by atoms with E-state index in [1.165, 1.54) is 16.8 Å². The van der Waals surface area contributed by atoms with Gasteiger partial charge in [0.15, 0.2) is 17.1 Å². The molecular weight excluding hydrogens is 380 g/mol. The number of aromatic amines is 1. The van der Waals surface area contributed by atoms with Crippen LogP contribution in [0.4, 0.5) is 11.5 Å². The van der Waals surface area contributed by atoms with Gasteiger partial charge in [-0.3, -0.25) is 19.4 Å². The quantitative estimate of drug-likeness (QED) is 0.404. The van der Waals surface area contributed by atoms with Crippen LogP contribution in [0, 0.1) is 0 Å². The van der Waals surface area contributed by atoms with Crippen LogP contribution in [-0.2, 0) is 7.05 Å². The van der Waals surface area contributed by atoms with E-state index >= 15 is 0 Å². The van der Waals surface area contributed by atoms with Crippen molar-refractivity contribution in [1.82, 2.24) is 20.0 Å². The highest BCUT2D eigenvalue weighted by Gasteiger charge is 2.20. The lowest BCUT2D eigenvalue weighted by molar-refractivity contribution is 0.0664. The maximum atomic E-state index is 12.7. The highest BCUT2D eigenvalue weighted by atomic mass is 16.4. The second kappa shape index (κ2) is 6.96. The number of fused-ring (bicyclic) bond motifs is 1. The Morgan fingerprint density at radius 3 is 2.66 bits per heavy atom. The zero-order chi connectivity index (χ0) is 20.5. The second-order valence-electron chi connectivity index (χ2n) is 6.06. The van der Waals surface area contributed by atoms with Crippen molar-refractivity contribution in [2.45, 2.75) is 0 Å². The van der Waals surface area contributed by atoms with Gasteiger partial charge in [-0.15, -0.1) is 0 Å². The first-order chi connectivity index (χ1) is 13.9. The molecule has 0 saturated carbocycles. The third-order valence-electron chi connectivity index (χ3n) is 4.04. The highest BCUT2D eigenvalue weighted by Crippen LogP contribution is 2.25. The topological polar surface area (TPSA) is 155 Å². The number of carboxylic acids is 1. The van der Waals surface area contributed by atoms with E-state index in [-0.39, 0.29) is 34.1 Å². The molecule has 4 N–H and O–H groups in total. The number of carbonyl (C=O) groups is 3. The number of para-hydroxylation sites is 1. The minimum atomic E-state index is -1.24. The van der Waals surface area contributed by atoms with Crippen LogP contribution in [-0.4, -0.2) is 42.9 Å². The predicted octanol–water partition coefficient (Wildman–Crippen LogP) is 2.09. The summed E-state index contributed by atoms with van der Waals surface area (Å²) in [5.41, 5.74) is 1.09. The van der Waals surface area contributed by atoms with E-state index in [1.54, 1.807) is 37.5 Å². The number of amides is 2. The lowest BCUT2D eigenvalue weighted by Gasteiger charge is -2.09. The Hall–Kier alpha value is -4.41. The molecule has 11 nitrogen and oxygen atoms in total. The second-order valence-corrected chi connectivity index (χ2v) is 6.06. The summed E-state index contributed by atoms with van der Waals surface area (Å²) in [5, 5.41) is 24.7. The molecule has 0 bridgehead atoms. The fourth-order valence-corrected chi connectivity index (χ4v) is 2.69. The van der Waals surface area contributed by atoms with Crippen molar-refractivity contribution in [3.8, 4) is 0 Å². The fraction of sp³-hybridized carbons (Fsp3) is 0.0556. The minimum absolute atomic E-state index is 0.0309. The molecule has 0 aliphatic carbocycles. The molecular formula is C18H14N6O5. The number of aryl methyl sites for hydroxylation is 1. The smallest absolute Gasteiger partial charge is 0.371 e. The Labute approximate surface area is 162 Å². The van der Waals surface area contributed by atoms with Crippen molar-refractivity contribution >= 4 is 40.4 Å². The van der Waals surface area contributed by atoms with E-state index in [2.05, 4.69) is 25.9 Å². The van der Waals surface area contributed by atoms with Crippen LogP contribution < -0.4 is 10.6 Å². The molecule has 4 aromatic rings. The maximum Gasteiger partial charge on any atom is 0.371 e. The third kappa shape index (κ3) is 3.43. The van der Waals surface area contributed by atoms with Crippen molar-refractivity contribution in [3.05, 3.63) is 59.6 Å². The molecule has 0 aliphatic heterocycles. The monoisotopic (exact) mass is 394 g/mol. The van der Waals surface area contributed by atoms with Crippen molar-refractivity contribution in [2.75, 3.05) is 10.6 Å². The number of nitrogens with zero attached hydrogens (tertiary/aromatic N) is 3. The number of hydrogen-bond acceptors (Lipinski definition) is 6. The molecule has 29 heavy (non-hydrogen) atoms.